The predicted molar refractivity (Wildman–Crippen MR) is 63.7 cm³/mol. The molecule has 0 bridgehead atoms. The molecular formula is C12H24N2O2. The van der Waals surface area contributed by atoms with Crippen molar-refractivity contribution in [1.82, 2.24) is 10.2 Å². The van der Waals surface area contributed by atoms with Crippen molar-refractivity contribution in [3.05, 3.63) is 0 Å². The van der Waals surface area contributed by atoms with Gasteiger partial charge in [0.05, 0.1) is 12.7 Å². The van der Waals surface area contributed by atoms with E-state index in [2.05, 4.69) is 17.3 Å². The number of rotatable bonds is 4. The zero-order chi connectivity index (χ0) is 11.2. The van der Waals surface area contributed by atoms with Gasteiger partial charge >= 0.3 is 0 Å². The third kappa shape index (κ3) is 3.70. The zero-order valence-electron chi connectivity index (χ0n) is 10.3. The summed E-state index contributed by atoms with van der Waals surface area (Å²) >= 11 is 0. The molecule has 0 radical (unpaired) electrons. The molecule has 2 fully saturated rings. The Morgan fingerprint density at radius 2 is 2.06 bits per heavy atom. The molecular weight excluding hydrogens is 204 g/mol. The summed E-state index contributed by atoms with van der Waals surface area (Å²) in [6, 6.07) is 0.713. The van der Waals surface area contributed by atoms with Gasteiger partial charge in [0, 0.05) is 38.9 Å². The maximum atomic E-state index is 5.70. The Bertz CT molecular complexity index is 189. The van der Waals surface area contributed by atoms with Crippen LogP contribution < -0.4 is 5.32 Å². The molecule has 0 aromatic rings. The van der Waals surface area contributed by atoms with E-state index in [0.29, 0.717) is 12.1 Å². The van der Waals surface area contributed by atoms with E-state index in [-0.39, 0.29) is 0 Å². The highest BCUT2D eigenvalue weighted by Crippen LogP contribution is 2.14. The predicted octanol–water partition coefficient (Wildman–Crippen LogP) is 0.476. The molecule has 4 nitrogen and oxygen atoms in total. The number of morpholine rings is 1. The molecule has 0 aliphatic carbocycles. The minimum Gasteiger partial charge on any atom is -0.381 e. The average Bonchev–Trinajstić information content (AvgIpc) is 2.38. The van der Waals surface area contributed by atoms with Crippen molar-refractivity contribution in [3.63, 3.8) is 0 Å². The highest BCUT2D eigenvalue weighted by atomic mass is 16.5. The first-order valence-electron chi connectivity index (χ1n) is 6.46. The van der Waals surface area contributed by atoms with Crippen LogP contribution in [0.4, 0.5) is 0 Å². The Labute approximate surface area is 98.3 Å². The van der Waals surface area contributed by atoms with Gasteiger partial charge in [-0.1, -0.05) is 0 Å². The highest BCUT2D eigenvalue weighted by molar-refractivity contribution is 4.74. The summed E-state index contributed by atoms with van der Waals surface area (Å²) in [5, 5.41) is 3.37. The maximum Gasteiger partial charge on any atom is 0.0712 e. The Morgan fingerprint density at radius 1 is 1.25 bits per heavy atom. The Balaban J connectivity index is 1.63. The molecule has 0 aromatic heterocycles. The van der Waals surface area contributed by atoms with Crippen molar-refractivity contribution in [3.8, 4) is 0 Å². The van der Waals surface area contributed by atoms with E-state index in [1.165, 1.54) is 12.8 Å². The second-order valence-electron chi connectivity index (χ2n) is 4.81. The van der Waals surface area contributed by atoms with Crippen LogP contribution in [-0.4, -0.2) is 63.5 Å². The van der Waals surface area contributed by atoms with E-state index in [0.717, 1.165) is 45.9 Å². The van der Waals surface area contributed by atoms with Gasteiger partial charge in [-0.25, -0.2) is 0 Å². The molecule has 0 spiro atoms. The lowest BCUT2D eigenvalue weighted by molar-refractivity contribution is 0.00697. The van der Waals surface area contributed by atoms with E-state index in [1.807, 2.05) is 0 Å². The van der Waals surface area contributed by atoms with Crippen LogP contribution >= 0.6 is 0 Å². The summed E-state index contributed by atoms with van der Waals surface area (Å²) in [7, 11) is 2.23. The SMILES string of the molecule is CN(CCC1CNCCO1)C1CCOCC1. The summed E-state index contributed by atoms with van der Waals surface area (Å²) in [6.07, 6.45) is 3.91. The van der Waals surface area contributed by atoms with E-state index in [1.54, 1.807) is 0 Å². The Hall–Kier alpha value is -0.160. The van der Waals surface area contributed by atoms with Crippen LogP contribution in [-0.2, 0) is 9.47 Å². The lowest BCUT2D eigenvalue weighted by Crippen LogP contribution is -2.42. The molecule has 0 saturated carbocycles. The number of nitrogens with zero attached hydrogens (tertiary/aromatic N) is 1. The molecule has 2 aliphatic rings. The topological polar surface area (TPSA) is 33.7 Å². The molecule has 1 unspecified atom stereocenters. The van der Waals surface area contributed by atoms with Crippen LogP contribution in [0.2, 0.25) is 0 Å². The maximum absolute atomic E-state index is 5.70. The van der Waals surface area contributed by atoms with Gasteiger partial charge in [-0.05, 0) is 26.3 Å². The van der Waals surface area contributed by atoms with Crippen molar-refractivity contribution < 1.29 is 9.47 Å². The third-order valence-electron chi connectivity index (χ3n) is 3.62. The van der Waals surface area contributed by atoms with E-state index in [4.69, 9.17) is 9.47 Å². The van der Waals surface area contributed by atoms with Crippen molar-refractivity contribution in [2.24, 2.45) is 0 Å². The first kappa shape index (κ1) is 12.3. The average molecular weight is 228 g/mol. The molecule has 16 heavy (non-hydrogen) atoms. The van der Waals surface area contributed by atoms with Gasteiger partial charge < -0.3 is 19.7 Å². The molecule has 4 heteroatoms. The smallest absolute Gasteiger partial charge is 0.0712 e. The van der Waals surface area contributed by atoms with Crippen molar-refractivity contribution in [2.45, 2.75) is 31.4 Å². The van der Waals surface area contributed by atoms with E-state index in [9.17, 15) is 0 Å². The molecule has 1 N–H and O–H groups in total. The van der Waals surface area contributed by atoms with Crippen LogP contribution in [0.3, 0.4) is 0 Å². The normalized spacial score (nSPS) is 28.5. The molecule has 2 saturated heterocycles. The molecule has 94 valence electrons. The van der Waals surface area contributed by atoms with Crippen LogP contribution in [0, 0.1) is 0 Å². The molecule has 1 atom stereocenters. The quantitative estimate of drug-likeness (QED) is 0.758. The summed E-state index contributed by atoms with van der Waals surface area (Å²) in [5.74, 6) is 0. The van der Waals surface area contributed by atoms with Gasteiger partial charge in [-0.2, -0.15) is 0 Å². The Morgan fingerprint density at radius 3 is 2.75 bits per heavy atom. The van der Waals surface area contributed by atoms with Crippen molar-refractivity contribution in [1.29, 1.82) is 0 Å². The van der Waals surface area contributed by atoms with Gasteiger partial charge in [-0.3, -0.25) is 0 Å². The minimum atomic E-state index is 0.413. The lowest BCUT2D eigenvalue weighted by atomic mass is 10.1. The largest absolute Gasteiger partial charge is 0.381 e. The van der Waals surface area contributed by atoms with Crippen LogP contribution in [0.5, 0.6) is 0 Å². The van der Waals surface area contributed by atoms with Crippen LogP contribution in [0.25, 0.3) is 0 Å². The first-order valence-corrected chi connectivity index (χ1v) is 6.46. The summed E-state index contributed by atoms with van der Waals surface area (Å²) in [6.45, 7) is 5.88. The number of hydrogen-bond donors (Lipinski definition) is 1. The number of hydrogen-bond acceptors (Lipinski definition) is 4. The highest BCUT2D eigenvalue weighted by Gasteiger charge is 2.20. The fraction of sp³-hybridized carbons (Fsp3) is 1.00. The second kappa shape index (κ2) is 6.55. The third-order valence-corrected chi connectivity index (χ3v) is 3.62. The number of ether oxygens (including phenoxy) is 2. The van der Waals surface area contributed by atoms with Crippen molar-refractivity contribution in [2.75, 3.05) is 46.5 Å². The second-order valence-corrected chi connectivity index (χ2v) is 4.81. The lowest BCUT2D eigenvalue weighted by Gasteiger charge is -2.32. The van der Waals surface area contributed by atoms with Gasteiger partial charge in [0.15, 0.2) is 0 Å². The molecule has 2 rings (SSSR count). The molecule has 0 aromatic carbocycles. The van der Waals surface area contributed by atoms with E-state index < -0.39 is 0 Å². The van der Waals surface area contributed by atoms with Crippen molar-refractivity contribution >= 4 is 0 Å². The zero-order valence-corrected chi connectivity index (χ0v) is 10.3. The van der Waals surface area contributed by atoms with Gasteiger partial charge in [0.25, 0.3) is 0 Å². The van der Waals surface area contributed by atoms with Crippen LogP contribution in [0.1, 0.15) is 19.3 Å². The number of nitrogens with one attached hydrogen (secondary N) is 1. The summed E-state index contributed by atoms with van der Waals surface area (Å²) in [4.78, 5) is 2.47. The summed E-state index contributed by atoms with van der Waals surface area (Å²) < 4.78 is 11.1. The standard InChI is InChI=1S/C12H24N2O2/c1-14(11-3-7-15-8-4-11)6-2-12-10-13-5-9-16-12/h11-13H,2-10H2,1H3. The fourth-order valence-electron chi connectivity index (χ4n) is 2.46. The monoisotopic (exact) mass is 228 g/mol. The van der Waals surface area contributed by atoms with E-state index >= 15 is 0 Å². The molecule has 2 heterocycles. The Kier molecular flexibility index (Phi) is 5.03. The molecule has 0 amide bonds. The minimum absolute atomic E-state index is 0.413. The summed E-state index contributed by atoms with van der Waals surface area (Å²) in [5.41, 5.74) is 0. The van der Waals surface area contributed by atoms with Crippen LogP contribution in [0.15, 0.2) is 0 Å². The van der Waals surface area contributed by atoms with Gasteiger partial charge in [0.1, 0.15) is 0 Å². The first-order chi connectivity index (χ1) is 7.86. The van der Waals surface area contributed by atoms with Gasteiger partial charge in [0.2, 0.25) is 0 Å². The molecule has 2 aliphatic heterocycles. The fourth-order valence-corrected chi connectivity index (χ4v) is 2.46. The van der Waals surface area contributed by atoms with Gasteiger partial charge in [-0.15, -0.1) is 0 Å².